The zero-order valence-corrected chi connectivity index (χ0v) is 21.4. The molecule has 0 spiro atoms. The molecule has 3 heterocycles. The van der Waals surface area contributed by atoms with Crippen LogP contribution < -0.4 is 10.2 Å². The van der Waals surface area contributed by atoms with E-state index in [0.29, 0.717) is 16.8 Å². The average molecular weight is 506 g/mol. The average Bonchev–Trinajstić information content (AvgIpc) is 3.45. The minimum atomic E-state index is -0.176. The third-order valence-corrected chi connectivity index (χ3v) is 8.03. The Balaban J connectivity index is 1.29. The molecule has 0 atom stereocenters. The van der Waals surface area contributed by atoms with Crippen LogP contribution in [0, 0.1) is 0 Å². The zero-order valence-electron chi connectivity index (χ0n) is 20.6. The van der Waals surface area contributed by atoms with E-state index in [1.54, 1.807) is 23.5 Å². The second-order valence-corrected chi connectivity index (χ2v) is 10.3. The second kappa shape index (κ2) is 9.71. The summed E-state index contributed by atoms with van der Waals surface area (Å²) in [5.41, 5.74) is 5.80. The van der Waals surface area contributed by atoms with Crippen LogP contribution in [0.4, 0.5) is 11.4 Å². The summed E-state index contributed by atoms with van der Waals surface area (Å²) < 4.78 is 2.07. The molecule has 37 heavy (non-hydrogen) atoms. The fraction of sp³-hybridized carbons (Fsp3) is 0.161. The Labute approximate surface area is 220 Å². The van der Waals surface area contributed by atoms with Gasteiger partial charge >= 0.3 is 0 Å². The van der Waals surface area contributed by atoms with Gasteiger partial charge < -0.3 is 14.8 Å². The molecule has 1 N–H and O–H groups in total. The molecule has 6 heteroatoms. The van der Waals surface area contributed by atoms with Gasteiger partial charge in [-0.2, -0.15) is 0 Å². The van der Waals surface area contributed by atoms with Crippen LogP contribution in [0.1, 0.15) is 38.4 Å². The lowest BCUT2D eigenvalue weighted by molar-refractivity contribution is 0.0986. The highest BCUT2D eigenvalue weighted by molar-refractivity contribution is 7.10. The number of nitrogens with zero attached hydrogens (tertiary/aromatic N) is 2. The molecular weight excluding hydrogens is 478 g/mol. The highest BCUT2D eigenvalue weighted by atomic mass is 32.1. The molecule has 6 rings (SSSR count). The number of thiophene rings is 1. The van der Waals surface area contributed by atoms with E-state index in [9.17, 15) is 9.59 Å². The first kappa shape index (κ1) is 23.3. The van der Waals surface area contributed by atoms with Crippen molar-refractivity contribution in [1.82, 2.24) is 4.57 Å². The van der Waals surface area contributed by atoms with Gasteiger partial charge in [-0.3, -0.25) is 9.59 Å². The summed E-state index contributed by atoms with van der Waals surface area (Å²) in [5, 5.41) is 6.03. The summed E-state index contributed by atoms with van der Waals surface area (Å²) in [6, 6.07) is 27.2. The molecule has 0 radical (unpaired) electrons. The maximum absolute atomic E-state index is 13.6. The molecule has 1 aliphatic rings. The maximum Gasteiger partial charge on any atom is 0.258 e. The zero-order chi connectivity index (χ0) is 25.4. The van der Waals surface area contributed by atoms with Crippen molar-refractivity contribution in [2.24, 2.45) is 7.05 Å². The summed E-state index contributed by atoms with van der Waals surface area (Å²) in [4.78, 5) is 30.2. The van der Waals surface area contributed by atoms with E-state index in [1.165, 1.54) is 4.88 Å². The van der Waals surface area contributed by atoms with Crippen molar-refractivity contribution < 1.29 is 9.59 Å². The third-order valence-electron chi connectivity index (χ3n) is 7.06. The van der Waals surface area contributed by atoms with E-state index >= 15 is 0 Å². The number of carbonyl (C=O) groups excluding carboxylic acids is 2. The molecule has 5 aromatic rings. The Bertz CT molecular complexity index is 1600. The second-order valence-electron chi connectivity index (χ2n) is 9.34. The van der Waals surface area contributed by atoms with E-state index in [4.69, 9.17) is 0 Å². The number of para-hydroxylation sites is 1. The number of nitrogens with one attached hydrogen (secondary N) is 1. The molecule has 2 amide bonds. The molecule has 3 aromatic carbocycles. The first-order valence-corrected chi connectivity index (χ1v) is 13.4. The van der Waals surface area contributed by atoms with Crippen molar-refractivity contribution in [1.29, 1.82) is 0 Å². The van der Waals surface area contributed by atoms with Crippen molar-refractivity contribution in [3.8, 4) is 11.3 Å². The van der Waals surface area contributed by atoms with Gasteiger partial charge in [0.05, 0.1) is 16.9 Å². The third kappa shape index (κ3) is 4.23. The van der Waals surface area contributed by atoms with Crippen molar-refractivity contribution in [3.63, 3.8) is 0 Å². The van der Waals surface area contributed by atoms with E-state index < -0.39 is 0 Å². The maximum atomic E-state index is 13.6. The van der Waals surface area contributed by atoms with Gasteiger partial charge in [0.25, 0.3) is 11.8 Å². The Morgan fingerprint density at radius 1 is 0.865 bits per heavy atom. The lowest BCUT2D eigenvalue weighted by Gasteiger charge is -2.21. The lowest BCUT2D eigenvalue weighted by Crippen LogP contribution is -2.31. The van der Waals surface area contributed by atoms with Crippen LogP contribution in [0.3, 0.4) is 0 Å². The Kier molecular flexibility index (Phi) is 6.10. The minimum Gasteiger partial charge on any atom is -0.343 e. The van der Waals surface area contributed by atoms with Crippen LogP contribution in [-0.2, 0) is 13.5 Å². The number of rotatable bonds is 4. The standard InChI is InChI=1S/C31H27N3O2S/c1-33-25-12-6-5-11-24(25)28(29(33)21-9-3-2-4-10-21)30(35)32-23-16-14-22(15-17-23)31(36)34-19-8-7-13-27-26(34)18-20-37-27/h2-6,9-12,14-18,20H,7-8,13,19H2,1H3,(H,32,35). The molecule has 1 aliphatic heterocycles. The number of benzene rings is 3. The predicted octanol–water partition coefficient (Wildman–Crippen LogP) is 7.14. The van der Waals surface area contributed by atoms with Crippen molar-refractivity contribution in [2.75, 3.05) is 16.8 Å². The van der Waals surface area contributed by atoms with E-state index in [2.05, 4.69) is 15.3 Å². The number of hydrogen-bond acceptors (Lipinski definition) is 3. The summed E-state index contributed by atoms with van der Waals surface area (Å²) in [5.74, 6) is -0.176. The van der Waals surface area contributed by atoms with Crippen LogP contribution in [0.15, 0.2) is 90.3 Å². The van der Waals surface area contributed by atoms with Gasteiger partial charge in [-0.25, -0.2) is 0 Å². The van der Waals surface area contributed by atoms with Crippen LogP contribution in [0.5, 0.6) is 0 Å². The number of aryl methyl sites for hydroxylation is 2. The summed E-state index contributed by atoms with van der Waals surface area (Å²) in [6.45, 7) is 0.727. The lowest BCUT2D eigenvalue weighted by atomic mass is 10.0. The molecular formula is C31H27N3O2S. The normalized spacial score (nSPS) is 13.3. The highest BCUT2D eigenvalue weighted by Crippen LogP contribution is 2.34. The Morgan fingerprint density at radius 3 is 2.43 bits per heavy atom. The molecule has 5 nitrogen and oxygen atoms in total. The largest absolute Gasteiger partial charge is 0.343 e. The summed E-state index contributed by atoms with van der Waals surface area (Å²) in [7, 11) is 1.99. The number of carbonyl (C=O) groups is 2. The van der Waals surface area contributed by atoms with Gasteiger partial charge in [0.2, 0.25) is 0 Å². The van der Waals surface area contributed by atoms with E-state index in [-0.39, 0.29) is 11.8 Å². The first-order chi connectivity index (χ1) is 18.1. The fourth-order valence-corrected chi connectivity index (χ4v) is 6.17. The van der Waals surface area contributed by atoms with E-state index in [1.807, 2.05) is 84.7 Å². The molecule has 0 saturated carbocycles. The van der Waals surface area contributed by atoms with Crippen molar-refractivity contribution in [3.05, 3.63) is 106 Å². The minimum absolute atomic E-state index is 0.000145. The van der Waals surface area contributed by atoms with Gasteiger partial charge in [0.1, 0.15) is 0 Å². The predicted molar refractivity (Wildman–Crippen MR) is 152 cm³/mol. The van der Waals surface area contributed by atoms with Crippen LogP contribution in [0.25, 0.3) is 22.2 Å². The monoisotopic (exact) mass is 505 g/mol. The number of hydrogen-bond donors (Lipinski definition) is 1. The van der Waals surface area contributed by atoms with Crippen LogP contribution in [-0.4, -0.2) is 22.9 Å². The summed E-state index contributed by atoms with van der Waals surface area (Å²) in [6.07, 6.45) is 3.12. The quantitative estimate of drug-likeness (QED) is 0.282. The Hall–Kier alpha value is -4.16. The topological polar surface area (TPSA) is 54.3 Å². The van der Waals surface area contributed by atoms with Gasteiger partial charge in [0, 0.05) is 40.6 Å². The Morgan fingerprint density at radius 2 is 1.62 bits per heavy atom. The highest BCUT2D eigenvalue weighted by Gasteiger charge is 2.24. The van der Waals surface area contributed by atoms with Crippen LogP contribution >= 0.6 is 11.3 Å². The molecule has 0 bridgehead atoms. The van der Waals surface area contributed by atoms with Gasteiger partial charge in [0.15, 0.2) is 0 Å². The molecule has 2 aromatic heterocycles. The molecule has 184 valence electrons. The van der Waals surface area contributed by atoms with E-state index in [0.717, 1.165) is 53.7 Å². The SMILES string of the molecule is Cn1c(-c2ccccc2)c(C(=O)Nc2ccc(C(=O)N3CCCCc4sccc43)cc2)c2ccccc21. The molecule has 0 unspecified atom stereocenters. The number of aromatic nitrogens is 1. The van der Waals surface area contributed by atoms with Crippen LogP contribution in [0.2, 0.25) is 0 Å². The summed E-state index contributed by atoms with van der Waals surface area (Å²) >= 11 is 1.72. The van der Waals surface area contributed by atoms with Crippen molar-refractivity contribution >= 4 is 45.4 Å². The number of anilines is 2. The first-order valence-electron chi connectivity index (χ1n) is 12.5. The van der Waals surface area contributed by atoms with Crippen molar-refractivity contribution in [2.45, 2.75) is 19.3 Å². The molecule has 0 aliphatic carbocycles. The smallest absolute Gasteiger partial charge is 0.258 e. The molecule has 0 saturated heterocycles. The fourth-order valence-electron chi connectivity index (χ4n) is 5.25. The molecule has 0 fully saturated rings. The van der Waals surface area contributed by atoms with Gasteiger partial charge in [-0.05, 0) is 66.6 Å². The number of fused-ring (bicyclic) bond motifs is 2. The number of amides is 2. The van der Waals surface area contributed by atoms with Gasteiger partial charge in [-0.1, -0.05) is 48.5 Å². The van der Waals surface area contributed by atoms with Gasteiger partial charge in [-0.15, -0.1) is 11.3 Å².